The Morgan fingerprint density at radius 3 is 2.50 bits per heavy atom. The Hall–Kier alpha value is -4.38. The van der Waals surface area contributed by atoms with Crippen molar-refractivity contribution >= 4 is 56.3 Å². The lowest BCUT2D eigenvalue weighted by atomic mass is 10.1. The molecule has 2 amide bonds. The zero-order valence-corrected chi connectivity index (χ0v) is 18.3. The minimum atomic E-state index is -1.09. The topological polar surface area (TPSA) is 133 Å². The fraction of sp³-hybridized carbons (Fsp3) is 0.130. The van der Waals surface area contributed by atoms with Gasteiger partial charge in [0.25, 0.3) is 11.8 Å². The minimum absolute atomic E-state index is 0.0518. The van der Waals surface area contributed by atoms with Gasteiger partial charge in [-0.25, -0.2) is 14.6 Å². The van der Waals surface area contributed by atoms with Crippen molar-refractivity contribution in [3.63, 3.8) is 0 Å². The van der Waals surface area contributed by atoms with Crippen LogP contribution < -0.4 is 10.4 Å². The molecule has 0 atom stereocenters. The summed E-state index contributed by atoms with van der Waals surface area (Å²) in [5.74, 6) is -3.39. The van der Waals surface area contributed by atoms with Gasteiger partial charge in [-0.05, 0) is 24.3 Å². The average molecular weight is 478 g/mol. The van der Waals surface area contributed by atoms with Gasteiger partial charge in [0.05, 0.1) is 15.8 Å². The third-order valence-corrected chi connectivity index (χ3v) is 6.08. The molecule has 0 N–H and O–H groups in total. The number of hydrogen-bond acceptors (Lipinski definition) is 10. The second-order valence-electron chi connectivity index (χ2n) is 7.37. The lowest BCUT2D eigenvalue weighted by Crippen LogP contribution is -2.32. The molecule has 1 saturated heterocycles. The molecule has 0 radical (unpaired) electrons. The number of esters is 1. The van der Waals surface area contributed by atoms with Crippen molar-refractivity contribution in [3.05, 3.63) is 58.4 Å². The van der Waals surface area contributed by atoms with Gasteiger partial charge >= 0.3 is 17.6 Å². The molecular formula is C23H14N2O8S. The quantitative estimate of drug-likeness (QED) is 0.188. The second kappa shape index (κ2) is 8.19. The van der Waals surface area contributed by atoms with Crippen LogP contribution in [-0.2, 0) is 19.2 Å². The van der Waals surface area contributed by atoms with Crippen LogP contribution in [0.25, 0.3) is 31.8 Å². The summed E-state index contributed by atoms with van der Waals surface area (Å²) in [6, 6.07) is 11.4. The number of nitrogens with zero attached hydrogens (tertiary/aromatic N) is 2. The van der Waals surface area contributed by atoms with Gasteiger partial charge in [0.1, 0.15) is 21.9 Å². The first kappa shape index (κ1) is 21.5. The Morgan fingerprint density at radius 2 is 1.79 bits per heavy atom. The van der Waals surface area contributed by atoms with Crippen LogP contribution in [0.15, 0.2) is 51.7 Å². The Bertz CT molecular complexity index is 1540. The molecule has 0 spiro atoms. The predicted octanol–water partition coefficient (Wildman–Crippen LogP) is 3.22. The lowest BCUT2D eigenvalue weighted by molar-refractivity contribution is -0.172. The first-order valence-corrected chi connectivity index (χ1v) is 10.9. The van der Waals surface area contributed by atoms with Crippen molar-refractivity contribution in [3.8, 4) is 16.3 Å². The molecule has 1 aliphatic rings. The number of aromatic nitrogens is 1. The van der Waals surface area contributed by atoms with Crippen molar-refractivity contribution in [1.29, 1.82) is 0 Å². The van der Waals surface area contributed by atoms with E-state index in [0.717, 1.165) is 17.1 Å². The van der Waals surface area contributed by atoms with Gasteiger partial charge in [0.15, 0.2) is 0 Å². The van der Waals surface area contributed by atoms with Crippen LogP contribution in [-0.4, -0.2) is 33.8 Å². The van der Waals surface area contributed by atoms with Crippen molar-refractivity contribution in [1.82, 2.24) is 10.0 Å². The number of imide groups is 1. The lowest BCUT2D eigenvalue weighted by Gasteiger charge is -2.14. The molecule has 10 nitrogen and oxygen atoms in total. The van der Waals surface area contributed by atoms with E-state index in [4.69, 9.17) is 14.0 Å². The van der Waals surface area contributed by atoms with E-state index in [0.29, 0.717) is 15.5 Å². The maximum Gasteiger partial charge on any atom is 0.367 e. The highest BCUT2D eigenvalue weighted by molar-refractivity contribution is 7.21. The largest absolute Gasteiger partial charge is 0.426 e. The maximum absolute atomic E-state index is 12.8. The summed E-state index contributed by atoms with van der Waals surface area (Å²) in [5, 5.41) is 1.14. The zero-order chi connectivity index (χ0) is 24.0. The number of fused-ring (bicyclic) bond motifs is 2. The normalized spacial score (nSPS) is 13.6. The van der Waals surface area contributed by atoms with Crippen LogP contribution in [0.4, 0.5) is 0 Å². The van der Waals surface area contributed by atoms with Gasteiger partial charge in [0.2, 0.25) is 0 Å². The number of benzene rings is 2. The summed E-state index contributed by atoms with van der Waals surface area (Å²) < 4.78 is 11.4. The van der Waals surface area contributed by atoms with Crippen LogP contribution in [0.2, 0.25) is 0 Å². The number of hydrogen-bond donors (Lipinski definition) is 0. The molecule has 0 unspecified atom stereocenters. The maximum atomic E-state index is 12.8. The molecular weight excluding hydrogens is 464 g/mol. The average Bonchev–Trinajstić information content (AvgIpc) is 3.36. The van der Waals surface area contributed by atoms with Crippen LogP contribution >= 0.6 is 11.3 Å². The highest BCUT2D eigenvalue weighted by Crippen LogP contribution is 2.32. The van der Waals surface area contributed by atoms with Gasteiger partial charge in [-0.15, -0.1) is 16.4 Å². The van der Waals surface area contributed by atoms with Crippen molar-refractivity contribution < 1.29 is 33.2 Å². The zero-order valence-electron chi connectivity index (χ0n) is 17.5. The third kappa shape index (κ3) is 3.82. The SMILES string of the molecule is CC(=O)Oc1cc2oc(=O)c(-c3nc4ccccc4s3)cc2cc1C(=O)ON1C(=O)CCC1=O. The molecule has 5 rings (SSSR count). The smallest absolute Gasteiger partial charge is 0.367 e. The summed E-state index contributed by atoms with van der Waals surface area (Å²) in [6.07, 6.45) is -0.144. The molecule has 1 aliphatic heterocycles. The monoisotopic (exact) mass is 478 g/mol. The third-order valence-electron chi connectivity index (χ3n) is 5.01. The molecule has 2 aromatic carbocycles. The Balaban J connectivity index is 1.61. The van der Waals surface area contributed by atoms with E-state index in [2.05, 4.69) is 4.98 Å². The molecule has 1 fully saturated rings. The van der Waals surface area contributed by atoms with Crippen molar-refractivity contribution in [2.75, 3.05) is 0 Å². The van der Waals surface area contributed by atoms with Crippen LogP contribution in [0.3, 0.4) is 0 Å². The molecule has 0 saturated carbocycles. The van der Waals surface area contributed by atoms with E-state index in [9.17, 15) is 24.0 Å². The van der Waals surface area contributed by atoms with Gasteiger partial charge in [-0.2, -0.15) is 0 Å². The van der Waals surface area contributed by atoms with Gasteiger partial charge in [-0.3, -0.25) is 14.4 Å². The number of ether oxygens (including phenoxy) is 1. The Labute approximate surface area is 194 Å². The molecule has 2 aromatic heterocycles. The first-order chi connectivity index (χ1) is 16.3. The first-order valence-electron chi connectivity index (χ1n) is 10.0. The molecule has 170 valence electrons. The fourth-order valence-electron chi connectivity index (χ4n) is 3.47. The molecule has 0 bridgehead atoms. The van der Waals surface area contributed by atoms with E-state index < -0.39 is 29.4 Å². The van der Waals surface area contributed by atoms with Gasteiger partial charge in [0, 0.05) is 31.2 Å². The number of para-hydroxylation sites is 1. The van der Waals surface area contributed by atoms with E-state index in [1.54, 1.807) is 0 Å². The highest BCUT2D eigenvalue weighted by atomic mass is 32.1. The summed E-state index contributed by atoms with van der Waals surface area (Å²) in [6.45, 7) is 1.12. The van der Waals surface area contributed by atoms with Crippen LogP contribution in [0.1, 0.15) is 30.1 Å². The number of hydroxylamine groups is 2. The molecule has 0 aliphatic carbocycles. The van der Waals surface area contributed by atoms with Crippen molar-refractivity contribution in [2.24, 2.45) is 0 Å². The Kier molecular flexibility index (Phi) is 5.17. The number of amides is 2. The van der Waals surface area contributed by atoms with Gasteiger partial charge < -0.3 is 14.0 Å². The number of thiazole rings is 1. The fourth-order valence-corrected chi connectivity index (χ4v) is 4.44. The molecule has 3 heterocycles. The summed E-state index contributed by atoms with van der Waals surface area (Å²) in [7, 11) is 0. The Morgan fingerprint density at radius 1 is 1.06 bits per heavy atom. The van der Waals surface area contributed by atoms with E-state index in [1.165, 1.54) is 29.5 Å². The predicted molar refractivity (Wildman–Crippen MR) is 119 cm³/mol. The summed E-state index contributed by atoms with van der Waals surface area (Å²) >= 11 is 1.30. The van der Waals surface area contributed by atoms with Crippen LogP contribution in [0, 0.1) is 0 Å². The second-order valence-corrected chi connectivity index (χ2v) is 8.41. The van der Waals surface area contributed by atoms with Crippen molar-refractivity contribution in [2.45, 2.75) is 19.8 Å². The highest BCUT2D eigenvalue weighted by Gasteiger charge is 2.34. The van der Waals surface area contributed by atoms with E-state index in [-0.39, 0.29) is 35.3 Å². The standard InChI is InChI=1S/C23H14N2O8S/c1-11(26)31-17-10-16-12(8-13(17)23(30)33-25-19(27)6-7-20(25)28)9-14(22(29)32-16)21-24-15-4-2-3-5-18(15)34-21/h2-5,8-10H,6-7H2,1H3. The van der Waals surface area contributed by atoms with E-state index in [1.807, 2.05) is 24.3 Å². The minimum Gasteiger partial charge on any atom is -0.426 e. The summed E-state index contributed by atoms with van der Waals surface area (Å²) in [4.78, 5) is 70.2. The number of rotatable bonds is 4. The molecule has 34 heavy (non-hydrogen) atoms. The van der Waals surface area contributed by atoms with E-state index >= 15 is 0 Å². The summed E-state index contributed by atoms with van der Waals surface area (Å²) in [5.41, 5.74) is 0.0498. The number of carbonyl (C=O) groups excluding carboxylic acids is 4. The van der Waals surface area contributed by atoms with Gasteiger partial charge in [-0.1, -0.05) is 12.1 Å². The number of carbonyl (C=O) groups is 4. The molecule has 4 aromatic rings. The molecule has 11 heteroatoms. The van der Waals surface area contributed by atoms with Crippen LogP contribution in [0.5, 0.6) is 5.75 Å².